The largest absolute Gasteiger partial charge is 0.338 e. The molecule has 0 aliphatic rings. The highest BCUT2D eigenvalue weighted by Gasteiger charge is 2.19. The number of aryl methyl sites for hydroxylation is 1. The molecule has 0 aliphatic carbocycles. The number of hydrogen-bond donors (Lipinski definition) is 0. The average molecular weight is 392 g/mol. The minimum absolute atomic E-state index is 0.120. The average Bonchev–Trinajstić information content (AvgIpc) is 3.22. The number of hydrogen-bond acceptors (Lipinski definition) is 7. The number of sulfone groups is 1. The van der Waals surface area contributed by atoms with Gasteiger partial charge in [-0.15, -0.1) is 11.3 Å². The summed E-state index contributed by atoms with van der Waals surface area (Å²) in [5.74, 6) is 0.342. The Bertz CT molecular complexity index is 934. The Morgan fingerprint density at radius 3 is 2.69 bits per heavy atom. The van der Waals surface area contributed by atoms with E-state index in [1.165, 1.54) is 11.3 Å². The molecule has 6 nitrogen and oxygen atoms in total. The van der Waals surface area contributed by atoms with Crippen LogP contribution in [0, 0.1) is 0 Å². The van der Waals surface area contributed by atoms with Crippen molar-refractivity contribution in [3.8, 4) is 0 Å². The Kier molecular flexibility index (Phi) is 6.16. The van der Waals surface area contributed by atoms with Crippen LogP contribution in [0.25, 0.3) is 0 Å². The van der Waals surface area contributed by atoms with Gasteiger partial charge in [-0.05, 0) is 12.0 Å². The summed E-state index contributed by atoms with van der Waals surface area (Å²) in [7, 11) is -3.41. The van der Waals surface area contributed by atoms with Gasteiger partial charge in [0.2, 0.25) is 5.89 Å². The van der Waals surface area contributed by atoms with Gasteiger partial charge in [0.05, 0.1) is 16.5 Å². The van der Waals surface area contributed by atoms with Gasteiger partial charge in [0, 0.05) is 18.2 Å². The molecule has 8 heteroatoms. The minimum atomic E-state index is -3.41. The monoisotopic (exact) mass is 391 g/mol. The third kappa shape index (κ3) is 5.47. The van der Waals surface area contributed by atoms with E-state index in [1.54, 1.807) is 5.38 Å². The number of aromatic nitrogens is 3. The van der Waals surface area contributed by atoms with E-state index in [1.807, 2.05) is 30.3 Å². The number of thiazole rings is 1. The highest BCUT2D eigenvalue weighted by molar-refractivity contribution is 7.89. The van der Waals surface area contributed by atoms with Crippen LogP contribution < -0.4 is 0 Å². The van der Waals surface area contributed by atoms with Crippen LogP contribution in [0.3, 0.4) is 0 Å². The summed E-state index contributed by atoms with van der Waals surface area (Å²) in [6, 6.07) is 9.99. The van der Waals surface area contributed by atoms with Gasteiger partial charge in [-0.2, -0.15) is 4.98 Å². The predicted molar refractivity (Wildman–Crippen MR) is 101 cm³/mol. The molecule has 0 atom stereocenters. The normalized spacial score (nSPS) is 11.7. The molecule has 0 spiro atoms. The van der Waals surface area contributed by atoms with Crippen molar-refractivity contribution in [1.82, 2.24) is 15.1 Å². The zero-order chi connectivity index (χ0) is 18.4. The number of unbranched alkanes of at least 4 members (excludes halogenated alkanes) is 1. The van der Waals surface area contributed by atoms with Crippen LogP contribution in [0.15, 0.2) is 40.2 Å². The van der Waals surface area contributed by atoms with Crippen LogP contribution in [0.4, 0.5) is 0 Å². The minimum Gasteiger partial charge on any atom is -0.338 e. The van der Waals surface area contributed by atoms with E-state index in [0.29, 0.717) is 24.4 Å². The lowest BCUT2D eigenvalue weighted by atomic mass is 10.2. The first-order valence-electron chi connectivity index (χ1n) is 8.53. The molecule has 3 rings (SSSR count). The number of rotatable bonds is 9. The first-order chi connectivity index (χ1) is 12.5. The topological polar surface area (TPSA) is 86.0 Å². The maximum absolute atomic E-state index is 12.4. The summed E-state index contributed by atoms with van der Waals surface area (Å²) < 4.78 is 29.9. The molecule has 1 aromatic carbocycles. The highest BCUT2D eigenvalue weighted by Crippen LogP contribution is 2.18. The first kappa shape index (κ1) is 18.7. The fourth-order valence-electron chi connectivity index (χ4n) is 2.52. The molecule has 0 radical (unpaired) electrons. The van der Waals surface area contributed by atoms with Crippen molar-refractivity contribution in [1.29, 1.82) is 0 Å². The number of benzene rings is 1. The van der Waals surface area contributed by atoms with Crippen molar-refractivity contribution >= 4 is 21.2 Å². The maximum atomic E-state index is 12.4. The van der Waals surface area contributed by atoms with Crippen molar-refractivity contribution in [2.45, 2.75) is 44.1 Å². The Morgan fingerprint density at radius 1 is 1.12 bits per heavy atom. The van der Waals surface area contributed by atoms with E-state index in [2.05, 4.69) is 22.0 Å². The summed E-state index contributed by atoms with van der Waals surface area (Å²) in [5.41, 5.74) is 1.72. The summed E-state index contributed by atoms with van der Waals surface area (Å²) >= 11 is 1.48. The summed E-state index contributed by atoms with van der Waals surface area (Å²) in [4.78, 5) is 8.61. The van der Waals surface area contributed by atoms with Gasteiger partial charge in [-0.3, -0.25) is 0 Å². The van der Waals surface area contributed by atoms with Crippen LogP contribution >= 0.6 is 11.3 Å². The standard InChI is InChI=1S/C18H21N3O3S2/c1-2-3-9-16-20-17(24-21-16)13-26(22,23)12-15-11-25-18(19-15)10-14-7-5-4-6-8-14/h4-8,11H,2-3,9-10,12-13H2,1H3. The SMILES string of the molecule is CCCCc1noc(CS(=O)(=O)Cc2csc(Cc3ccccc3)n2)n1. The molecule has 2 aromatic heterocycles. The van der Waals surface area contributed by atoms with Crippen molar-refractivity contribution in [2.75, 3.05) is 0 Å². The zero-order valence-electron chi connectivity index (χ0n) is 14.6. The Balaban J connectivity index is 1.60. The third-order valence-corrected chi connectivity index (χ3v) is 6.09. The molecule has 0 saturated heterocycles. The summed E-state index contributed by atoms with van der Waals surface area (Å²) in [6.45, 7) is 2.07. The maximum Gasteiger partial charge on any atom is 0.241 e. The zero-order valence-corrected chi connectivity index (χ0v) is 16.2. The van der Waals surface area contributed by atoms with E-state index in [0.717, 1.165) is 23.4 Å². The van der Waals surface area contributed by atoms with Crippen LogP contribution in [0.2, 0.25) is 0 Å². The second-order valence-corrected chi connectivity index (χ2v) is 9.14. The van der Waals surface area contributed by atoms with E-state index >= 15 is 0 Å². The fourth-order valence-corrected chi connectivity index (χ4v) is 4.64. The molecule has 0 saturated carbocycles. The molecule has 0 N–H and O–H groups in total. The van der Waals surface area contributed by atoms with Crippen molar-refractivity contribution in [3.05, 3.63) is 63.7 Å². The molecule has 0 amide bonds. The smallest absolute Gasteiger partial charge is 0.241 e. The van der Waals surface area contributed by atoms with Crippen molar-refractivity contribution in [2.24, 2.45) is 0 Å². The summed E-state index contributed by atoms with van der Waals surface area (Å²) in [5, 5.41) is 6.54. The molecular formula is C18H21N3O3S2. The molecule has 138 valence electrons. The fraction of sp³-hybridized carbons (Fsp3) is 0.389. The lowest BCUT2D eigenvalue weighted by Crippen LogP contribution is -2.08. The second-order valence-electron chi connectivity index (χ2n) is 6.14. The molecule has 0 aliphatic heterocycles. The second kappa shape index (κ2) is 8.55. The van der Waals surface area contributed by atoms with Gasteiger partial charge in [-0.25, -0.2) is 13.4 Å². The Hall–Kier alpha value is -2.06. The molecule has 26 heavy (non-hydrogen) atoms. The van der Waals surface area contributed by atoms with Gasteiger partial charge in [-0.1, -0.05) is 48.8 Å². The Morgan fingerprint density at radius 2 is 1.92 bits per heavy atom. The van der Waals surface area contributed by atoms with Gasteiger partial charge in [0.25, 0.3) is 0 Å². The third-order valence-electron chi connectivity index (χ3n) is 3.77. The quantitative estimate of drug-likeness (QED) is 0.554. The summed E-state index contributed by atoms with van der Waals surface area (Å²) in [6.07, 6.45) is 3.39. The van der Waals surface area contributed by atoms with Gasteiger partial charge >= 0.3 is 0 Å². The first-order valence-corrected chi connectivity index (χ1v) is 11.2. The van der Waals surface area contributed by atoms with Gasteiger partial charge in [0.1, 0.15) is 5.75 Å². The molecule has 0 unspecified atom stereocenters. The number of nitrogens with zero attached hydrogens (tertiary/aromatic N) is 3. The van der Waals surface area contributed by atoms with Crippen LogP contribution in [0.1, 0.15) is 47.7 Å². The van der Waals surface area contributed by atoms with E-state index in [9.17, 15) is 8.42 Å². The molecule has 3 aromatic rings. The van der Waals surface area contributed by atoms with E-state index in [-0.39, 0.29) is 17.4 Å². The molecule has 2 heterocycles. The van der Waals surface area contributed by atoms with Crippen LogP contribution in [-0.2, 0) is 34.2 Å². The van der Waals surface area contributed by atoms with E-state index < -0.39 is 9.84 Å². The van der Waals surface area contributed by atoms with Gasteiger partial charge in [0.15, 0.2) is 15.7 Å². The Labute approximate surface area is 157 Å². The van der Waals surface area contributed by atoms with Gasteiger partial charge < -0.3 is 4.52 Å². The van der Waals surface area contributed by atoms with Crippen molar-refractivity contribution < 1.29 is 12.9 Å². The molecule has 0 fully saturated rings. The lowest BCUT2D eigenvalue weighted by molar-refractivity contribution is 0.382. The highest BCUT2D eigenvalue weighted by atomic mass is 32.2. The lowest BCUT2D eigenvalue weighted by Gasteiger charge is -1.99. The predicted octanol–water partition coefficient (Wildman–Crippen LogP) is 3.57. The van der Waals surface area contributed by atoms with E-state index in [4.69, 9.17) is 4.52 Å². The van der Waals surface area contributed by atoms with Crippen LogP contribution in [-0.4, -0.2) is 23.5 Å². The van der Waals surface area contributed by atoms with Crippen molar-refractivity contribution in [3.63, 3.8) is 0 Å². The molecular weight excluding hydrogens is 370 g/mol. The molecule has 0 bridgehead atoms. The van der Waals surface area contributed by atoms with Crippen LogP contribution in [0.5, 0.6) is 0 Å².